The van der Waals surface area contributed by atoms with Crippen molar-refractivity contribution in [3.63, 3.8) is 0 Å². The van der Waals surface area contributed by atoms with Gasteiger partial charge in [0.05, 0.1) is 0 Å². The molecular formula is C9H21N. The SMILES string of the molecule is CCC(C)(C)CC[C@H](C)N. The fraction of sp³-hybridized carbons (Fsp3) is 1.00. The molecule has 1 heteroatoms. The van der Waals surface area contributed by atoms with E-state index < -0.39 is 0 Å². The molecule has 0 aromatic rings. The second-order valence-corrected chi connectivity index (χ2v) is 4.03. The molecule has 10 heavy (non-hydrogen) atoms. The molecule has 0 saturated heterocycles. The van der Waals surface area contributed by atoms with E-state index in [0.717, 1.165) is 6.42 Å². The Morgan fingerprint density at radius 1 is 1.40 bits per heavy atom. The van der Waals surface area contributed by atoms with Gasteiger partial charge in [0.1, 0.15) is 0 Å². The third-order valence-corrected chi connectivity index (χ3v) is 2.23. The Labute approximate surface area is 65.0 Å². The predicted molar refractivity (Wildman–Crippen MR) is 47.0 cm³/mol. The Morgan fingerprint density at radius 3 is 2.20 bits per heavy atom. The van der Waals surface area contributed by atoms with Crippen LogP contribution in [0.1, 0.15) is 47.0 Å². The summed E-state index contributed by atoms with van der Waals surface area (Å²) in [5.41, 5.74) is 6.15. The van der Waals surface area contributed by atoms with Gasteiger partial charge in [-0.15, -0.1) is 0 Å². The van der Waals surface area contributed by atoms with Crippen molar-refractivity contribution in [1.82, 2.24) is 0 Å². The van der Waals surface area contributed by atoms with Gasteiger partial charge in [-0.25, -0.2) is 0 Å². The van der Waals surface area contributed by atoms with Gasteiger partial charge in [0.15, 0.2) is 0 Å². The van der Waals surface area contributed by atoms with Crippen molar-refractivity contribution < 1.29 is 0 Å². The van der Waals surface area contributed by atoms with E-state index in [0.29, 0.717) is 11.5 Å². The highest BCUT2D eigenvalue weighted by Crippen LogP contribution is 2.26. The van der Waals surface area contributed by atoms with Gasteiger partial charge in [-0.2, -0.15) is 0 Å². The van der Waals surface area contributed by atoms with Gasteiger partial charge in [0.25, 0.3) is 0 Å². The molecule has 0 aliphatic heterocycles. The van der Waals surface area contributed by atoms with Crippen molar-refractivity contribution in [3.05, 3.63) is 0 Å². The number of rotatable bonds is 4. The topological polar surface area (TPSA) is 26.0 Å². The van der Waals surface area contributed by atoms with Crippen LogP contribution in [0.25, 0.3) is 0 Å². The summed E-state index contributed by atoms with van der Waals surface area (Å²) in [6, 6.07) is 0.367. The Hall–Kier alpha value is -0.0400. The largest absolute Gasteiger partial charge is 0.328 e. The smallest absolute Gasteiger partial charge is 0.00106 e. The van der Waals surface area contributed by atoms with Gasteiger partial charge in [0, 0.05) is 6.04 Å². The first-order valence-electron chi connectivity index (χ1n) is 4.23. The van der Waals surface area contributed by atoms with E-state index in [1.807, 2.05) is 0 Å². The first-order chi connectivity index (χ1) is 4.48. The molecule has 1 atom stereocenters. The van der Waals surface area contributed by atoms with E-state index in [1.54, 1.807) is 0 Å². The molecule has 0 unspecified atom stereocenters. The lowest BCUT2D eigenvalue weighted by Gasteiger charge is -2.23. The zero-order valence-corrected chi connectivity index (χ0v) is 7.78. The molecule has 0 radical (unpaired) electrons. The van der Waals surface area contributed by atoms with Crippen LogP contribution in [0.3, 0.4) is 0 Å². The summed E-state index contributed by atoms with van der Waals surface area (Å²) in [7, 11) is 0. The van der Waals surface area contributed by atoms with Crippen molar-refractivity contribution in [2.75, 3.05) is 0 Å². The van der Waals surface area contributed by atoms with Crippen molar-refractivity contribution in [2.24, 2.45) is 11.1 Å². The fourth-order valence-corrected chi connectivity index (χ4v) is 0.795. The van der Waals surface area contributed by atoms with Crippen LogP contribution in [-0.2, 0) is 0 Å². The van der Waals surface area contributed by atoms with Gasteiger partial charge in [-0.05, 0) is 25.2 Å². The van der Waals surface area contributed by atoms with Gasteiger partial charge < -0.3 is 5.73 Å². The lowest BCUT2D eigenvalue weighted by molar-refractivity contribution is 0.304. The quantitative estimate of drug-likeness (QED) is 0.643. The van der Waals surface area contributed by atoms with Crippen molar-refractivity contribution >= 4 is 0 Å². The lowest BCUT2D eigenvalue weighted by atomic mass is 9.84. The van der Waals surface area contributed by atoms with Gasteiger partial charge >= 0.3 is 0 Å². The molecule has 0 aliphatic rings. The van der Waals surface area contributed by atoms with Crippen LogP contribution in [0.4, 0.5) is 0 Å². The molecule has 0 rings (SSSR count). The van der Waals surface area contributed by atoms with Crippen LogP contribution in [0.15, 0.2) is 0 Å². The zero-order valence-electron chi connectivity index (χ0n) is 7.78. The van der Waals surface area contributed by atoms with Gasteiger partial charge in [-0.3, -0.25) is 0 Å². The zero-order chi connectivity index (χ0) is 8.20. The standard InChI is InChI=1S/C9H21N/c1-5-9(3,4)7-6-8(2)10/h8H,5-7,10H2,1-4H3/t8-/m0/s1. The molecule has 62 valence electrons. The molecule has 0 aromatic carbocycles. The molecule has 2 N–H and O–H groups in total. The Kier molecular flexibility index (Phi) is 3.95. The molecule has 1 nitrogen and oxygen atoms in total. The average Bonchev–Trinajstić information content (AvgIpc) is 1.85. The van der Waals surface area contributed by atoms with E-state index in [4.69, 9.17) is 5.73 Å². The molecule has 0 amide bonds. The number of hydrogen-bond donors (Lipinski definition) is 1. The number of hydrogen-bond acceptors (Lipinski definition) is 1. The van der Waals surface area contributed by atoms with Crippen molar-refractivity contribution in [1.29, 1.82) is 0 Å². The van der Waals surface area contributed by atoms with E-state index in [2.05, 4.69) is 27.7 Å². The molecule has 0 heterocycles. The fourth-order valence-electron chi connectivity index (χ4n) is 0.795. The summed E-state index contributed by atoms with van der Waals surface area (Å²) in [5.74, 6) is 0. The summed E-state index contributed by atoms with van der Waals surface area (Å²) in [5, 5.41) is 0. The molecule has 0 saturated carbocycles. The Morgan fingerprint density at radius 2 is 1.90 bits per heavy atom. The molecule has 0 bridgehead atoms. The maximum absolute atomic E-state index is 5.65. The molecule has 0 fully saturated rings. The predicted octanol–water partition coefficient (Wildman–Crippen LogP) is 2.55. The third kappa shape index (κ3) is 4.80. The maximum atomic E-state index is 5.65. The van der Waals surface area contributed by atoms with Crippen LogP contribution in [0, 0.1) is 5.41 Å². The minimum atomic E-state index is 0.367. The van der Waals surface area contributed by atoms with E-state index in [-0.39, 0.29) is 0 Å². The van der Waals surface area contributed by atoms with Gasteiger partial charge in [0.2, 0.25) is 0 Å². The van der Waals surface area contributed by atoms with Crippen LogP contribution in [-0.4, -0.2) is 6.04 Å². The first kappa shape index (κ1) is 9.96. The maximum Gasteiger partial charge on any atom is 0.00106 e. The minimum Gasteiger partial charge on any atom is -0.328 e. The first-order valence-corrected chi connectivity index (χ1v) is 4.23. The summed E-state index contributed by atoms with van der Waals surface area (Å²) in [4.78, 5) is 0. The number of nitrogens with two attached hydrogens (primary N) is 1. The second kappa shape index (κ2) is 3.97. The second-order valence-electron chi connectivity index (χ2n) is 4.03. The molecule has 0 aromatic heterocycles. The highest BCUT2D eigenvalue weighted by Gasteiger charge is 2.14. The summed E-state index contributed by atoms with van der Waals surface area (Å²) in [6.45, 7) is 8.91. The summed E-state index contributed by atoms with van der Waals surface area (Å²) in [6.07, 6.45) is 3.65. The summed E-state index contributed by atoms with van der Waals surface area (Å²) < 4.78 is 0. The normalized spacial score (nSPS) is 15.3. The van der Waals surface area contributed by atoms with Crippen molar-refractivity contribution in [3.8, 4) is 0 Å². The third-order valence-electron chi connectivity index (χ3n) is 2.23. The Balaban J connectivity index is 3.46. The molecule has 0 aliphatic carbocycles. The average molecular weight is 143 g/mol. The van der Waals surface area contributed by atoms with Crippen LogP contribution in [0.2, 0.25) is 0 Å². The van der Waals surface area contributed by atoms with E-state index in [1.165, 1.54) is 12.8 Å². The van der Waals surface area contributed by atoms with Crippen LogP contribution >= 0.6 is 0 Å². The highest BCUT2D eigenvalue weighted by atomic mass is 14.6. The van der Waals surface area contributed by atoms with Gasteiger partial charge in [-0.1, -0.05) is 27.2 Å². The highest BCUT2D eigenvalue weighted by molar-refractivity contribution is 4.68. The summed E-state index contributed by atoms with van der Waals surface area (Å²) >= 11 is 0. The van der Waals surface area contributed by atoms with E-state index >= 15 is 0 Å². The minimum absolute atomic E-state index is 0.367. The molecular weight excluding hydrogens is 122 g/mol. The van der Waals surface area contributed by atoms with Crippen molar-refractivity contribution in [2.45, 2.75) is 53.0 Å². The Bertz CT molecular complexity index is 84.7. The monoisotopic (exact) mass is 143 g/mol. The van der Waals surface area contributed by atoms with E-state index in [9.17, 15) is 0 Å². The molecule has 0 spiro atoms. The lowest BCUT2D eigenvalue weighted by Crippen LogP contribution is -2.19. The van der Waals surface area contributed by atoms with Crippen LogP contribution < -0.4 is 5.73 Å². The van der Waals surface area contributed by atoms with Crippen LogP contribution in [0.5, 0.6) is 0 Å².